The fourth-order valence-corrected chi connectivity index (χ4v) is 3.99. The highest BCUT2D eigenvalue weighted by atomic mass is 19.4. The van der Waals surface area contributed by atoms with Gasteiger partial charge in [0.15, 0.2) is 0 Å². The SMILES string of the molecule is Cc1ccc(CNCC(NC(=O)CNC(=O)c2cc(C(F)(F)F)ccc2NC(=O)OC(C)(C)C)C(=O)NC(C)(C)C)c(C)c1. The van der Waals surface area contributed by atoms with Crippen LogP contribution in [-0.2, 0) is 27.0 Å². The Morgan fingerprint density at radius 2 is 1.57 bits per heavy atom. The topological polar surface area (TPSA) is 138 Å². The van der Waals surface area contributed by atoms with Crippen LogP contribution in [0.25, 0.3) is 0 Å². The summed E-state index contributed by atoms with van der Waals surface area (Å²) in [5, 5.41) is 13.1. The quantitative estimate of drug-likeness (QED) is 0.263. The lowest BCUT2D eigenvalue weighted by molar-refractivity contribution is -0.137. The second-order valence-electron chi connectivity index (χ2n) is 12.5. The summed E-state index contributed by atoms with van der Waals surface area (Å²) < 4.78 is 45.3. The molecular weight excluding hydrogens is 579 g/mol. The summed E-state index contributed by atoms with van der Waals surface area (Å²) in [4.78, 5) is 51.0. The number of carbonyl (C=O) groups is 4. The normalized spacial score (nSPS) is 12.6. The van der Waals surface area contributed by atoms with Crippen molar-refractivity contribution in [2.24, 2.45) is 0 Å². The van der Waals surface area contributed by atoms with Gasteiger partial charge in [-0.25, -0.2) is 4.79 Å². The number of halogens is 3. The van der Waals surface area contributed by atoms with Crippen LogP contribution in [0, 0.1) is 13.8 Å². The summed E-state index contributed by atoms with van der Waals surface area (Å²) in [6, 6.07) is 7.14. The fourth-order valence-electron chi connectivity index (χ4n) is 3.99. The van der Waals surface area contributed by atoms with Gasteiger partial charge in [-0.1, -0.05) is 23.8 Å². The summed E-state index contributed by atoms with van der Waals surface area (Å²) in [5.41, 5.74) is -0.213. The van der Waals surface area contributed by atoms with Crippen LogP contribution in [-0.4, -0.2) is 54.1 Å². The molecule has 2 aromatic rings. The first-order valence-corrected chi connectivity index (χ1v) is 14.0. The van der Waals surface area contributed by atoms with Crippen LogP contribution in [0.5, 0.6) is 0 Å². The zero-order chi connectivity index (χ0) is 33.5. The van der Waals surface area contributed by atoms with Gasteiger partial charge in [0.1, 0.15) is 11.6 Å². The summed E-state index contributed by atoms with van der Waals surface area (Å²) >= 11 is 0. The molecule has 0 aliphatic carbocycles. The Balaban J connectivity index is 2.16. The zero-order valence-electron chi connectivity index (χ0n) is 26.3. The lowest BCUT2D eigenvalue weighted by Crippen LogP contribution is -2.56. The number of anilines is 1. The van der Waals surface area contributed by atoms with Crippen molar-refractivity contribution in [3.8, 4) is 0 Å². The van der Waals surface area contributed by atoms with Crippen LogP contribution in [0.4, 0.5) is 23.7 Å². The second kappa shape index (κ2) is 14.6. The van der Waals surface area contributed by atoms with Gasteiger partial charge in [-0.15, -0.1) is 0 Å². The van der Waals surface area contributed by atoms with Gasteiger partial charge in [-0.2, -0.15) is 13.2 Å². The van der Waals surface area contributed by atoms with Crippen LogP contribution in [0.1, 0.15) is 74.2 Å². The first-order chi connectivity index (χ1) is 20.1. The maximum Gasteiger partial charge on any atom is 0.416 e. The van der Waals surface area contributed by atoms with Gasteiger partial charge in [-0.3, -0.25) is 19.7 Å². The molecule has 10 nitrogen and oxygen atoms in total. The molecule has 242 valence electrons. The highest BCUT2D eigenvalue weighted by molar-refractivity contribution is 6.04. The Bertz CT molecular complexity index is 1360. The Morgan fingerprint density at radius 3 is 2.14 bits per heavy atom. The van der Waals surface area contributed by atoms with E-state index in [2.05, 4.69) is 26.6 Å². The van der Waals surface area contributed by atoms with E-state index in [0.717, 1.165) is 22.8 Å². The zero-order valence-corrected chi connectivity index (χ0v) is 26.3. The van der Waals surface area contributed by atoms with Crippen molar-refractivity contribution in [1.29, 1.82) is 0 Å². The number of hydrogen-bond acceptors (Lipinski definition) is 6. The molecule has 44 heavy (non-hydrogen) atoms. The molecule has 5 N–H and O–H groups in total. The van der Waals surface area contributed by atoms with Gasteiger partial charge < -0.3 is 26.0 Å². The van der Waals surface area contributed by atoms with Crippen molar-refractivity contribution in [2.45, 2.75) is 85.3 Å². The van der Waals surface area contributed by atoms with E-state index in [9.17, 15) is 32.3 Å². The summed E-state index contributed by atoms with van der Waals surface area (Å²) in [6.45, 7) is 13.9. The molecule has 0 bridgehead atoms. The average molecular weight is 622 g/mol. The van der Waals surface area contributed by atoms with Crippen molar-refractivity contribution < 1.29 is 37.1 Å². The number of rotatable bonds is 10. The van der Waals surface area contributed by atoms with Gasteiger partial charge in [0, 0.05) is 18.6 Å². The Kier molecular flexibility index (Phi) is 11.9. The molecule has 0 spiro atoms. The van der Waals surface area contributed by atoms with Gasteiger partial charge in [0.05, 0.1) is 23.4 Å². The molecule has 2 rings (SSSR count). The number of aryl methyl sites for hydroxylation is 2. The lowest BCUT2D eigenvalue weighted by atomic mass is 10.1. The number of amides is 4. The molecule has 1 atom stereocenters. The van der Waals surface area contributed by atoms with Crippen molar-refractivity contribution in [2.75, 3.05) is 18.4 Å². The summed E-state index contributed by atoms with van der Waals surface area (Å²) in [5.74, 6) is -2.28. The average Bonchev–Trinajstić information content (AvgIpc) is 2.85. The molecule has 0 aliphatic rings. The minimum absolute atomic E-state index is 0.0620. The van der Waals surface area contributed by atoms with Gasteiger partial charge in [-0.05, 0) is 84.7 Å². The fraction of sp³-hybridized carbons (Fsp3) is 0.484. The third-order valence-corrected chi connectivity index (χ3v) is 5.95. The molecule has 0 heterocycles. The maximum absolute atomic E-state index is 13.4. The molecule has 0 radical (unpaired) electrons. The van der Waals surface area contributed by atoms with E-state index in [1.165, 1.54) is 0 Å². The molecular formula is C31H42F3N5O5. The highest BCUT2D eigenvalue weighted by Crippen LogP contribution is 2.32. The number of nitrogens with one attached hydrogen (secondary N) is 5. The van der Waals surface area contributed by atoms with E-state index in [0.29, 0.717) is 18.7 Å². The number of alkyl halides is 3. The van der Waals surface area contributed by atoms with E-state index in [1.54, 1.807) is 41.5 Å². The van der Waals surface area contributed by atoms with Crippen molar-refractivity contribution in [3.05, 3.63) is 64.2 Å². The van der Waals surface area contributed by atoms with Gasteiger partial charge in [0.2, 0.25) is 11.8 Å². The summed E-state index contributed by atoms with van der Waals surface area (Å²) in [7, 11) is 0. The number of benzene rings is 2. The predicted molar refractivity (Wildman–Crippen MR) is 161 cm³/mol. The minimum atomic E-state index is -4.77. The van der Waals surface area contributed by atoms with E-state index in [4.69, 9.17) is 4.74 Å². The van der Waals surface area contributed by atoms with Crippen molar-refractivity contribution >= 4 is 29.5 Å². The molecule has 4 amide bonds. The van der Waals surface area contributed by atoms with Crippen LogP contribution in [0.2, 0.25) is 0 Å². The Labute approximate surface area is 255 Å². The Morgan fingerprint density at radius 1 is 0.909 bits per heavy atom. The number of hydrogen-bond donors (Lipinski definition) is 5. The highest BCUT2D eigenvalue weighted by Gasteiger charge is 2.32. The van der Waals surface area contributed by atoms with Gasteiger partial charge >= 0.3 is 12.3 Å². The summed E-state index contributed by atoms with van der Waals surface area (Å²) in [6.07, 6.45) is -5.75. The van der Waals surface area contributed by atoms with E-state index < -0.39 is 64.8 Å². The third kappa shape index (κ3) is 12.2. The van der Waals surface area contributed by atoms with Crippen molar-refractivity contribution in [3.63, 3.8) is 0 Å². The van der Waals surface area contributed by atoms with E-state index in [1.807, 2.05) is 32.0 Å². The maximum atomic E-state index is 13.4. The van der Waals surface area contributed by atoms with E-state index >= 15 is 0 Å². The first kappa shape index (κ1) is 36.1. The molecule has 13 heteroatoms. The number of ether oxygens (including phenoxy) is 1. The molecule has 0 aromatic heterocycles. The third-order valence-electron chi connectivity index (χ3n) is 5.95. The number of carbonyl (C=O) groups excluding carboxylic acids is 4. The Hall–Kier alpha value is -4.13. The van der Waals surface area contributed by atoms with Crippen LogP contribution in [0.15, 0.2) is 36.4 Å². The molecule has 0 saturated carbocycles. The second-order valence-corrected chi connectivity index (χ2v) is 12.5. The molecule has 1 unspecified atom stereocenters. The standard InChI is InChI=1S/C31H42F3N5O5/c1-18-9-10-20(19(2)13-18)15-35-16-24(27(42)39-29(3,4)5)37-25(40)17-36-26(41)22-14-21(31(32,33)34)11-12-23(22)38-28(43)44-30(6,7)8/h9-14,24,35H,15-17H2,1-8H3,(H,36,41)(H,37,40)(H,38,43)(H,39,42). The minimum Gasteiger partial charge on any atom is -0.444 e. The molecule has 0 saturated heterocycles. The molecule has 2 aromatic carbocycles. The molecule has 0 fully saturated rings. The van der Waals surface area contributed by atoms with Crippen LogP contribution < -0.4 is 26.6 Å². The van der Waals surface area contributed by atoms with Gasteiger partial charge in [0.25, 0.3) is 5.91 Å². The van der Waals surface area contributed by atoms with Crippen molar-refractivity contribution in [1.82, 2.24) is 21.3 Å². The largest absolute Gasteiger partial charge is 0.444 e. The molecule has 0 aliphatic heterocycles. The monoisotopic (exact) mass is 621 g/mol. The van der Waals surface area contributed by atoms with E-state index in [-0.39, 0.29) is 12.2 Å². The lowest BCUT2D eigenvalue weighted by Gasteiger charge is -2.26. The van der Waals surface area contributed by atoms with Crippen LogP contribution in [0.3, 0.4) is 0 Å². The smallest absolute Gasteiger partial charge is 0.416 e. The predicted octanol–water partition coefficient (Wildman–Crippen LogP) is 4.59. The van der Waals surface area contributed by atoms with Crippen LogP contribution >= 0.6 is 0 Å². The first-order valence-electron chi connectivity index (χ1n) is 14.0.